The van der Waals surface area contributed by atoms with E-state index in [1.165, 1.54) is 12.8 Å². The van der Waals surface area contributed by atoms with Gasteiger partial charge in [0.05, 0.1) is 6.54 Å². The summed E-state index contributed by atoms with van der Waals surface area (Å²) in [5, 5.41) is 6.06. The van der Waals surface area contributed by atoms with Gasteiger partial charge in [0.1, 0.15) is 5.01 Å². The number of guanidine groups is 1. The normalized spacial score (nSPS) is 17.4. The van der Waals surface area contributed by atoms with Crippen LogP contribution in [0, 0.1) is 0 Å². The quantitative estimate of drug-likeness (QED) is 0.553. The fourth-order valence-electron chi connectivity index (χ4n) is 0.966. The lowest BCUT2D eigenvalue weighted by atomic mass is 10.6. The minimum absolute atomic E-state index is 0.540. The van der Waals surface area contributed by atoms with E-state index < -0.39 is 0 Å². The minimum atomic E-state index is 0.540. The molecular formula is C8H12N4S. The summed E-state index contributed by atoms with van der Waals surface area (Å²) in [4.78, 5) is 8.29. The molecule has 1 aromatic rings. The predicted molar refractivity (Wildman–Crippen MR) is 53.6 cm³/mol. The number of nitrogens with one attached hydrogen (secondary N) is 1. The second kappa shape index (κ2) is 3.74. The first-order valence-corrected chi connectivity index (χ1v) is 5.17. The highest BCUT2D eigenvalue weighted by Gasteiger charge is 2.21. The molecule has 4 nitrogen and oxygen atoms in total. The second-order valence-electron chi connectivity index (χ2n) is 3.05. The zero-order valence-electron chi connectivity index (χ0n) is 7.23. The Morgan fingerprint density at radius 1 is 1.77 bits per heavy atom. The van der Waals surface area contributed by atoms with Gasteiger partial charge in [0.2, 0.25) is 0 Å². The first kappa shape index (κ1) is 8.50. The Hall–Kier alpha value is -1.10. The summed E-state index contributed by atoms with van der Waals surface area (Å²) in [5.74, 6) is 0.540. The predicted octanol–water partition coefficient (Wildman–Crippen LogP) is 0.710. The monoisotopic (exact) mass is 196 g/mol. The molecule has 2 rings (SSSR count). The molecule has 0 saturated heterocycles. The van der Waals surface area contributed by atoms with Crippen molar-refractivity contribution in [3.63, 3.8) is 0 Å². The molecule has 1 saturated carbocycles. The van der Waals surface area contributed by atoms with Gasteiger partial charge in [-0.2, -0.15) is 0 Å². The van der Waals surface area contributed by atoms with Crippen LogP contribution in [0.5, 0.6) is 0 Å². The van der Waals surface area contributed by atoms with Crippen LogP contribution in [0.3, 0.4) is 0 Å². The van der Waals surface area contributed by atoms with Crippen LogP contribution in [0.15, 0.2) is 16.6 Å². The van der Waals surface area contributed by atoms with Crippen molar-refractivity contribution in [2.24, 2.45) is 10.7 Å². The Balaban J connectivity index is 1.81. The Bertz CT molecular complexity index is 289. The number of hydrogen-bond acceptors (Lipinski definition) is 3. The number of nitrogens with two attached hydrogens (primary N) is 1. The Labute approximate surface area is 80.9 Å². The van der Waals surface area contributed by atoms with Gasteiger partial charge in [0, 0.05) is 17.6 Å². The van der Waals surface area contributed by atoms with E-state index in [9.17, 15) is 0 Å². The van der Waals surface area contributed by atoms with E-state index in [2.05, 4.69) is 15.3 Å². The van der Waals surface area contributed by atoms with Gasteiger partial charge in [0.25, 0.3) is 0 Å². The summed E-state index contributed by atoms with van der Waals surface area (Å²) in [7, 11) is 0. The topological polar surface area (TPSA) is 63.3 Å². The van der Waals surface area contributed by atoms with E-state index in [-0.39, 0.29) is 0 Å². The molecule has 1 aliphatic rings. The van der Waals surface area contributed by atoms with Crippen LogP contribution in [0.4, 0.5) is 0 Å². The first-order valence-electron chi connectivity index (χ1n) is 4.29. The van der Waals surface area contributed by atoms with Crippen molar-refractivity contribution in [1.29, 1.82) is 0 Å². The maximum atomic E-state index is 5.65. The van der Waals surface area contributed by atoms with Crippen molar-refractivity contribution in [1.82, 2.24) is 10.3 Å². The number of aliphatic imine (C=N–C) groups is 1. The molecule has 5 heteroatoms. The average Bonchev–Trinajstić information content (AvgIpc) is 2.78. The number of thiazole rings is 1. The largest absolute Gasteiger partial charge is 0.370 e. The number of aromatic nitrogens is 1. The van der Waals surface area contributed by atoms with Gasteiger partial charge in [-0.05, 0) is 12.8 Å². The van der Waals surface area contributed by atoms with Crippen LogP contribution in [0.2, 0.25) is 0 Å². The van der Waals surface area contributed by atoms with Crippen LogP contribution in [-0.2, 0) is 6.54 Å². The molecular weight excluding hydrogens is 184 g/mol. The van der Waals surface area contributed by atoms with Crippen molar-refractivity contribution in [3.8, 4) is 0 Å². The molecule has 3 N–H and O–H groups in total. The average molecular weight is 196 g/mol. The van der Waals surface area contributed by atoms with E-state index in [0.717, 1.165) is 5.01 Å². The van der Waals surface area contributed by atoms with E-state index in [1.54, 1.807) is 17.5 Å². The summed E-state index contributed by atoms with van der Waals surface area (Å²) >= 11 is 1.60. The van der Waals surface area contributed by atoms with Crippen LogP contribution in [0.25, 0.3) is 0 Å². The van der Waals surface area contributed by atoms with Gasteiger partial charge in [-0.3, -0.25) is 0 Å². The minimum Gasteiger partial charge on any atom is -0.370 e. The van der Waals surface area contributed by atoms with Crippen LogP contribution in [0.1, 0.15) is 17.8 Å². The molecule has 13 heavy (non-hydrogen) atoms. The molecule has 0 bridgehead atoms. The first-order chi connectivity index (χ1) is 6.34. The van der Waals surface area contributed by atoms with Gasteiger partial charge in [0.15, 0.2) is 5.96 Å². The third-order valence-corrected chi connectivity index (χ3v) is 2.56. The van der Waals surface area contributed by atoms with Crippen molar-refractivity contribution < 1.29 is 0 Å². The molecule has 0 unspecified atom stereocenters. The van der Waals surface area contributed by atoms with Crippen molar-refractivity contribution in [2.75, 3.05) is 0 Å². The number of rotatable bonds is 3. The molecule has 0 atom stereocenters. The van der Waals surface area contributed by atoms with Crippen LogP contribution >= 0.6 is 11.3 Å². The fraction of sp³-hybridized carbons (Fsp3) is 0.500. The fourth-order valence-corrected chi connectivity index (χ4v) is 1.51. The van der Waals surface area contributed by atoms with E-state index in [4.69, 9.17) is 5.73 Å². The van der Waals surface area contributed by atoms with Crippen LogP contribution < -0.4 is 11.1 Å². The van der Waals surface area contributed by atoms with Crippen molar-refractivity contribution >= 4 is 17.3 Å². The van der Waals surface area contributed by atoms with Crippen molar-refractivity contribution in [2.45, 2.75) is 25.4 Å². The van der Waals surface area contributed by atoms with Gasteiger partial charge < -0.3 is 11.1 Å². The third kappa shape index (κ3) is 2.69. The zero-order valence-corrected chi connectivity index (χ0v) is 8.05. The molecule has 1 heterocycles. The second-order valence-corrected chi connectivity index (χ2v) is 4.03. The lowest BCUT2D eigenvalue weighted by Crippen LogP contribution is -2.33. The van der Waals surface area contributed by atoms with Gasteiger partial charge >= 0.3 is 0 Å². The molecule has 0 aromatic carbocycles. The summed E-state index contributed by atoms with van der Waals surface area (Å²) in [5.41, 5.74) is 5.65. The molecule has 1 aromatic heterocycles. The summed E-state index contributed by atoms with van der Waals surface area (Å²) in [6, 6.07) is 0.569. The van der Waals surface area contributed by atoms with Crippen molar-refractivity contribution in [3.05, 3.63) is 16.6 Å². The lowest BCUT2D eigenvalue weighted by Gasteiger charge is -2.01. The highest BCUT2D eigenvalue weighted by molar-refractivity contribution is 7.09. The lowest BCUT2D eigenvalue weighted by molar-refractivity contribution is 0.877. The Kier molecular flexibility index (Phi) is 2.44. The molecule has 0 amide bonds. The number of hydrogen-bond donors (Lipinski definition) is 2. The molecule has 70 valence electrons. The number of nitrogens with zero attached hydrogens (tertiary/aromatic N) is 2. The third-order valence-electron chi connectivity index (χ3n) is 1.80. The molecule has 1 aliphatic carbocycles. The maximum absolute atomic E-state index is 5.65. The van der Waals surface area contributed by atoms with E-state index >= 15 is 0 Å². The molecule has 0 aliphatic heterocycles. The molecule has 0 spiro atoms. The van der Waals surface area contributed by atoms with Gasteiger partial charge in [-0.15, -0.1) is 11.3 Å². The molecule has 0 radical (unpaired) electrons. The zero-order chi connectivity index (χ0) is 9.10. The highest BCUT2D eigenvalue weighted by Crippen LogP contribution is 2.18. The summed E-state index contributed by atoms with van der Waals surface area (Å²) in [6.45, 7) is 0.587. The summed E-state index contributed by atoms with van der Waals surface area (Å²) < 4.78 is 0. The maximum Gasteiger partial charge on any atom is 0.189 e. The smallest absolute Gasteiger partial charge is 0.189 e. The van der Waals surface area contributed by atoms with E-state index in [0.29, 0.717) is 18.5 Å². The highest BCUT2D eigenvalue weighted by atomic mass is 32.1. The van der Waals surface area contributed by atoms with Gasteiger partial charge in [-0.25, -0.2) is 9.98 Å². The summed E-state index contributed by atoms with van der Waals surface area (Å²) in [6.07, 6.45) is 4.21. The Morgan fingerprint density at radius 2 is 2.62 bits per heavy atom. The van der Waals surface area contributed by atoms with Gasteiger partial charge in [-0.1, -0.05) is 0 Å². The van der Waals surface area contributed by atoms with E-state index in [1.807, 2.05) is 5.38 Å². The SMILES string of the molecule is NC(=NCc1nccs1)NC1CC1. The Morgan fingerprint density at radius 3 is 3.23 bits per heavy atom. The molecule has 1 fully saturated rings. The standard InChI is InChI=1S/C8H12N4S/c9-8(12-6-1-2-6)11-5-7-10-3-4-13-7/h3-4,6H,1-2,5H2,(H3,9,11,12). The van der Waals surface area contributed by atoms with Crippen LogP contribution in [-0.4, -0.2) is 17.0 Å².